The fourth-order valence-corrected chi connectivity index (χ4v) is 5.76. The minimum Gasteiger partial charge on any atom is -0.349 e. The number of piperidine rings is 1. The Labute approximate surface area is 162 Å². The summed E-state index contributed by atoms with van der Waals surface area (Å²) < 4.78 is 2.19. The standard InChI is InChI=1S/C22H33N3O2/c1-4-24-16(2)14-19(17(24)3)20(26)23-13-11-22(15-23)10-7-12-25(21(22)27)18-8-5-6-9-18/h14,18H,4-13,15H2,1-3H3/t22-/m1/s1. The molecule has 1 aromatic rings. The Kier molecular flexibility index (Phi) is 4.81. The molecular weight excluding hydrogens is 338 g/mol. The molecule has 0 N–H and O–H groups in total. The monoisotopic (exact) mass is 371 g/mol. The number of amides is 2. The smallest absolute Gasteiger partial charge is 0.255 e. The Bertz CT molecular complexity index is 747. The van der Waals surface area contributed by atoms with Crippen molar-refractivity contribution in [3.05, 3.63) is 23.0 Å². The van der Waals surface area contributed by atoms with Crippen molar-refractivity contribution in [3.8, 4) is 0 Å². The normalized spacial score (nSPS) is 26.6. The van der Waals surface area contributed by atoms with Crippen molar-refractivity contribution in [3.63, 3.8) is 0 Å². The molecule has 0 radical (unpaired) electrons. The van der Waals surface area contributed by atoms with Gasteiger partial charge in [0, 0.05) is 43.6 Å². The summed E-state index contributed by atoms with van der Waals surface area (Å²) >= 11 is 0. The van der Waals surface area contributed by atoms with Gasteiger partial charge in [-0.2, -0.15) is 0 Å². The molecule has 2 aliphatic heterocycles. The maximum Gasteiger partial charge on any atom is 0.255 e. The van der Waals surface area contributed by atoms with Gasteiger partial charge in [0.1, 0.15) is 0 Å². The summed E-state index contributed by atoms with van der Waals surface area (Å²) in [6.45, 7) is 9.30. The average Bonchev–Trinajstić information content (AvgIpc) is 3.38. The Morgan fingerprint density at radius 3 is 2.56 bits per heavy atom. The van der Waals surface area contributed by atoms with Crippen LogP contribution < -0.4 is 0 Å². The number of nitrogens with zero attached hydrogens (tertiary/aromatic N) is 3. The van der Waals surface area contributed by atoms with E-state index in [0.717, 1.165) is 62.1 Å². The van der Waals surface area contributed by atoms with Crippen LogP contribution in [0.25, 0.3) is 0 Å². The lowest BCUT2D eigenvalue weighted by molar-refractivity contribution is -0.148. The number of rotatable bonds is 3. The van der Waals surface area contributed by atoms with E-state index < -0.39 is 0 Å². The minimum absolute atomic E-state index is 0.102. The number of aryl methyl sites for hydroxylation is 1. The molecule has 27 heavy (non-hydrogen) atoms. The number of hydrogen-bond donors (Lipinski definition) is 0. The van der Waals surface area contributed by atoms with Crippen molar-refractivity contribution in [1.29, 1.82) is 0 Å². The van der Waals surface area contributed by atoms with Gasteiger partial charge in [-0.25, -0.2) is 0 Å². The van der Waals surface area contributed by atoms with E-state index >= 15 is 0 Å². The molecule has 3 aliphatic rings. The fourth-order valence-electron chi connectivity index (χ4n) is 5.76. The summed E-state index contributed by atoms with van der Waals surface area (Å²) in [5.74, 6) is 0.431. The second kappa shape index (κ2) is 6.99. The van der Waals surface area contributed by atoms with Crippen LogP contribution in [0.15, 0.2) is 6.07 Å². The van der Waals surface area contributed by atoms with Gasteiger partial charge in [0.15, 0.2) is 0 Å². The van der Waals surface area contributed by atoms with Gasteiger partial charge in [0.05, 0.1) is 11.0 Å². The second-order valence-corrected chi connectivity index (χ2v) is 8.83. The van der Waals surface area contributed by atoms with Crippen molar-refractivity contribution in [1.82, 2.24) is 14.4 Å². The Morgan fingerprint density at radius 1 is 1.15 bits per heavy atom. The maximum absolute atomic E-state index is 13.4. The number of carbonyl (C=O) groups is 2. The van der Waals surface area contributed by atoms with E-state index in [1.54, 1.807) is 0 Å². The molecule has 3 heterocycles. The lowest BCUT2D eigenvalue weighted by Gasteiger charge is -2.42. The van der Waals surface area contributed by atoms with Crippen LogP contribution in [0.5, 0.6) is 0 Å². The van der Waals surface area contributed by atoms with Gasteiger partial charge in [-0.3, -0.25) is 9.59 Å². The third-order valence-corrected chi connectivity index (χ3v) is 7.30. The molecule has 1 atom stereocenters. The van der Waals surface area contributed by atoms with E-state index in [1.165, 1.54) is 12.8 Å². The van der Waals surface area contributed by atoms with E-state index in [2.05, 4.69) is 23.3 Å². The highest BCUT2D eigenvalue weighted by Crippen LogP contribution is 2.42. The quantitative estimate of drug-likeness (QED) is 0.816. The van der Waals surface area contributed by atoms with E-state index in [4.69, 9.17) is 0 Å². The van der Waals surface area contributed by atoms with Crippen molar-refractivity contribution >= 4 is 11.8 Å². The first-order chi connectivity index (χ1) is 13.0. The van der Waals surface area contributed by atoms with Gasteiger partial charge in [-0.15, -0.1) is 0 Å². The molecular formula is C22H33N3O2. The molecule has 1 spiro atoms. The SMILES string of the molecule is CCn1c(C)cc(C(=O)N2CC[C@]3(CCCN(C4CCCC4)C3=O)C2)c1C. The summed E-state index contributed by atoms with van der Waals surface area (Å²) in [5.41, 5.74) is 2.66. The molecule has 5 nitrogen and oxygen atoms in total. The van der Waals surface area contributed by atoms with Crippen molar-refractivity contribution in [2.75, 3.05) is 19.6 Å². The van der Waals surface area contributed by atoms with Crippen LogP contribution in [0.4, 0.5) is 0 Å². The van der Waals surface area contributed by atoms with Crippen LogP contribution in [-0.2, 0) is 11.3 Å². The van der Waals surface area contributed by atoms with E-state index in [1.807, 2.05) is 17.9 Å². The van der Waals surface area contributed by atoms with Gasteiger partial charge < -0.3 is 14.4 Å². The molecule has 2 amide bonds. The van der Waals surface area contributed by atoms with Gasteiger partial charge in [0.2, 0.25) is 5.91 Å². The highest BCUT2D eigenvalue weighted by atomic mass is 16.2. The van der Waals surface area contributed by atoms with Crippen LogP contribution in [0.3, 0.4) is 0 Å². The molecule has 0 unspecified atom stereocenters. The predicted octanol–water partition coefficient (Wildman–Crippen LogP) is 3.52. The minimum atomic E-state index is -0.327. The predicted molar refractivity (Wildman–Crippen MR) is 106 cm³/mol. The molecule has 148 valence electrons. The molecule has 2 saturated heterocycles. The molecule has 0 aromatic carbocycles. The van der Waals surface area contributed by atoms with Crippen molar-refractivity contribution in [2.45, 2.75) is 78.3 Å². The number of likely N-dealkylation sites (tertiary alicyclic amines) is 2. The van der Waals surface area contributed by atoms with Gasteiger partial charge >= 0.3 is 0 Å². The molecule has 5 heteroatoms. The summed E-state index contributed by atoms with van der Waals surface area (Å²) in [7, 11) is 0. The van der Waals surface area contributed by atoms with Crippen LogP contribution >= 0.6 is 0 Å². The van der Waals surface area contributed by atoms with Gasteiger partial charge in [-0.05, 0) is 58.9 Å². The summed E-state index contributed by atoms with van der Waals surface area (Å²) in [5, 5.41) is 0. The van der Waals surface area contributed by atoms with E-state index in [-0.39, 0.29) is 11.3 Å². The Hall–Kier alpha value is -1.78. The number of hydrogen-bond acceptors (Lipinski definition) is 2. The molecule has 1 saturated carbocycles. The highest BCUT2D eigenvalue weighted by Gasteiger charge is 2.50. The third kappa shape index (κ3) is 2.99. The maximum atomic E-state index is 13.4. The van der Waals surface area contributed by atoms with Crippen LogP contribution in [0.2, 0.25) is 0 Å². The summed E-state index contributed by atoms with van der Waals surface area (Å²) in [6.07, 6.45) is 7.66. The summed E-state index contributed by atoms with van der Waals surface area (Å²) in [6, 6.07) is 2.46. The van der Waals surface area contributed by atoms with Crippen molar-refractivity contribution < 1.29 is 9.59 Å². The topological polar surface area (TPSA) is 45.6 Å². The zero-order chi connectivity index (χ0) is 19.2. The molecule has 3 fully saturated rings. The first-order valence-electron chi connectivity index (χ1n) is 10.7. The zero-order valence-corrected chi connectivity index (χ0v) is 17.1. The Morgan fingerprint density at radius 2 is 1.89 bits per heavy atom. The molecule has 0 bridgehead atoms. The Balaban J connectivity index is 1.52. The molecule has 4 rings (SSSR count). The van der Waals surface area contributed by atoms with E-state index in [9.17, 15) is 9.59 Å². The lowest BCUT2D eigenvalue weighted by atomic mass is 9.77. The fraction of sp³-hybridized carbons (Fsp3) is 0.727. The lowest BCUT2D eigenvalue weighted by Crippen LogP contribution is -2.53. The summed E-state index contributed by atoms with van der Waals surface area (Å²) in [4.78, 5) is 30.7. The van der Waals surface area contributed by atoms with Gasteiger partial charge in [-0.1, -0.05) is 12.8 Å². The second-order valence-electron chi connectivity index (χ2n) is 8.83. The zero-order valence-electron chi connectivity index (χ0n) is 17.1. The average molecular weight is 372 g/mol. The van der Waals surface area contributed by atoms with Crippen molar-refractivity contribution in [2.24, 2.45) is 5.41 Å². The number of aromatic nitrogens is 1. The van der Waals surface area contributed by atoms with Crippen LogP contribution in [0, 0.1) is 19.3 Å². The van der Waals surface area contributed by atoms with E-state index in [0.29, 0.717) is 25.0 Å². The molecule has 1 aliphatic carbocycles. The highest BCUT2D eigenvalue weighted by molar-refractivity contribution is 5.97. The first kappa shape index (κ1) is 18.6. The van der Waals surface area contributed by atoms with Crippen LogP contribution in [-0.4, -0.2) is 51.9 Å². The van der Waals surface area contributed by atoms with Crippen LogP contribution in [0.1, 0.15) is 73.6 Å². The van der Waals surface area contributed by atoms with Gasteiger partial charge in [0.25, 0.3) is 5.91 Å². The molecule has 1 aromatic heterocycles. The largest absolute Gasteiger partial charge is 0.349 e. The first-order valence-corrected chi connectivity index (χ1v) is 10.7. The third-order valence-electron chi connectivity index (χ3n) is 7.30. The number of carbonyl (C=O) groups excluding carboxylic acids is 2.